The van der Waals surface area contributed by atoms with Crippen LogP contribution in [0.4, 0.5) is 0 Å². The molecule has 1 aliphatic heterocycles. The van der Waals surface area contributed by atoms with Gasteiger partial charge in [-0.2, -0.15) is 0 Å². The molecule has 1 aromatic rings. The molecule has 0 amide bonds. The summed E-state index contributed by atoms with van der Waals surface area (Å²) in [5, 5.41) is 3.28. The molecule has 80 valence electrons. The average molecular weight is 203 g/mol. The van der Waals surface area contributed by atoms with Crippen LogP contribution >= 0.6 is 0 Å². The maximum Gasteiger partial charge on any atom is 0.125 e. The Hall–Kier alpha value is -1.35. The lowest BCUT2D eigenvalue weighted by molar-refractivity contribution is 0.743. The molecule has 0 saturated carbocycles. The summed E-state index contributed by atoms with van der Waals surface area (Å²) in [5.74, 6) is 0.656. The van der Waals surface area contributed by atoms with Crippen molar-refractivity contribution in [3.63, 3.8) is 0 Å². The SMILES string of the molecule is Cc1ccc(C(N)=NC2CCNC2)cc1. The first-order valence-electron chi connectivity index (χ1n) is 5.37. The fraction of sp³-hybridized carbons (Fsp3) is 0.417. The van der Waals surface area contributed by atoms with Gasteiger partial charge in [-0.3, -0.25) is 4.99 Å². The minimum absolute atomic E-state index is 0.353. The number of benzene rings is 1. The van der Waals surface area contributed by atoms with E-state index in [1.165, 1.54) is 5.56 Å². The van der Waals surface area contributed by atoms with Crippen LogP contribution in [0.25, 0.3) is 0 Å². The maximum atomic E-state index is 5.95. The number of hydrogen-bond donors (Lipinski definition) is 2. The van der Waals surface area contributed by atoms with Crippen molar-refractivity contribution in [3.05, 3.63) is 35.4 Å². The van der Waals surface area contributed by atoms with Crippen LogP contribution in [0.2, 0.25) is 0 Å². The number of aliphatic imine (C=N–C) groups is 1. The molecule has 1 atom stereocenters. The third-order valence-corrected chi connectivity index (χ3v) is 2.70. The average Bonchev–Trinajstić information content (AvgIpc) is 2.71. The summed E-state index contributed by atoms with van der Waals surface area (Å²) in [7, 11) is 0. The first-order valence-corrected chi connectivity index (χ1v) is 5.37. The quantitative estimate of drug-likeness (QED) is 0.558. The Morgan fingerprint density at radius 1 is 1.40 bits per heavy atom. The van der Waals surface area contributed by atoms with Crippen LogP contribution in [0.3, 0.4) is 0 Å². The molecule has 1 unspecified atom stereocenters. The Morgan fingerprint density at radius 2 is 2.13 bits per heavy atom. The van der Waals surface area contributed by atoms with Crippen LogP contribution in [0.15, 0.2) is 29.3 Å². The molecular weight excluding hydrogens is 186 g/mol. The second kappa shape index (κ2) is 4.45. The molecule has 1 saturated heterocycles. The van der Waals surface area contributed by atoms with E-state index >= 15 is 0 Å². The zero-order valence-corrected chi connectivity index (χ0v) is 9.03. The minimum atomic E-state index is 0.353. The summed E-state index contributed by atoms with van der Waals surface area (Å²) in [6, 6.07) is 8.52. The maximum absolute atomic E-state index is 5.95. The Balaban J connectivity index is 2.12. The van der Waals surface area contributed by atoms with Gasteiger partial charge in [-0.05, 0) is 19.9 Å². The third-order valence-electron chi connectivity index (χ3n) is 2.70. The molecule has 0 bridgehead atoms. The van der Waals surface area contributed by atoms with Gasteiger partial charge in [0.2, 0.25) is 0 Å². The van der Waals surface area contributed by atoms with Gasteiger partial charge >= 0.3 is 0 Å². The Bertz CT molecular complexity index is 348. The van der Waals surface area contributed by atoms with E-state index in [2.05, 4.69) is 29.4 Å². The molecule has 3 heteroatoms. The lowest BCUT2D eigenvalue weighted by Crippen LogP contribution is -2.19. The molecule has 1 fully saturated rings. The molecule has 15 heavy (non-hydrogen) atoms. The molecule has 1 heterocycles. The van der Waals surface area contributed by atoms with Crippen LogP contribution < -0.4 is 11.1 Å². The van der Waals surface area contributed by atoms with Gasteiger partial charge in [-0.25, -0.2) is 0 Å². The van der Waals surface area contributed by atoms with E-state index < -0.39 is 0 Å². The van der Waals surface area contributed by atoms with Crippen LogP contribution in [-0.2, 0) is 0 Å². The summed E-state index contributed by atoms with van der Waals surface area (Å²) < 4.78 is 0. The number of aryl methyl sites for hydroxylation is 1. The Labute approximate surface area is 90.4 Å². The van der Waals surface area contributed by atoms with Crippen molar-refractivity contribution in [1.82, 2.24) is 5.32 Å². The molecule has 2 rings (SSSR count). The van der Waals surface area contributed by atoms with Crippen molar-refractivity contribution in [1.29, 1.82) is 0 Å². The second-order valence-electron chi connectivity index (χ2n) is 4.03. The molecule has 1 aromatic carbocycles. The zero-order chi connectivity index (χ0) is 10.7. The van der Waals surface area contributed by atoms with Crippen molar-refractivity contribution in [2.45, 2.75) is 19.4 Å². The van der Waals surface area contributed by atoms with Crippen molar-refractivity contribution < 1.29 is 0 Å². The van der Waals surface area contributed by atoms with Crippen LogP contribution in [0.1, 0.15) is 17.5 Å². The monoisotopic (exact) mass is 203 g/mol. The van der Waals surface area contributed by atoms with Crippen molar-refractivity contribution in [3.8, 4) is 0 Å². The molecular formula is C12H17N3. The second-order valence-corrected chi connectivity index (χ2v) is 4.03. The highest BCUT2D eigenvalue weighted by molar-refractivity contribution is 5.97. The van der Waals surface area contributed by atoms with Crippen molar-refractivity contribution >= 4 is 5.84 Å². The summed E-state index contributed by atoms with van der Waals surface area (Å²) in [5.41, 5.74) is 8.21. The van der Waals surface area contributed by atoms with Gasteiger partial charge < -0.3 is 11.1 Å². The van der Waals surface area contributed by atoms with Gasteiger partial charge in [0.25, 0.3) is 0 Å². The standard InChI is InChI=1S/C12H17N3/c1-9-2-4-10(5-3-9)12(13)15-11-6-7-14-8-11/h2-5,11,14H,6-8H2,1H3,(H2,13,15). The first kappa shape index (κ1) is 10.2. The largest absolute Gasteiger partial charge is 0.383 e. The van der Waals surface area contributed by atoms with Crippen LogP contribution in [-0.4, -0.2) is 25.0 Å². The number of nitrogens with two attached hydrogens (primary N) is 1. The molecule has 0 aromatic heterocycles. The van der Waals surface area contributed by atoms with Gasteiger partial charge in [-0.15, -0.1) is 0 Å². The highest BCUT2D eigenvalue weighted by Crippen LogP contribution is 2.07. The van der Waals surface area contributed by atoms with E-state index in [4.69, 9.17) is 5.73 Å². The summed E-state index contributed by atoms with van der Waals surface area (Å²) in [4.78, 5) is 4.51. The summed E-state index contributed by atoms with van der Waals surface area (Å²) in [6.45, 7) is 4.07. The van der Waals surface area contributed by atoms with E-state index in [-0.39, 0.29) is 0 Å². The zero-order valence-electron chi connectivity index (χ0n) is 9.03. The molecule has 0 spiro atoms. The van der Waals surface area contributed by atoms with E-state index in [0.717, 1.165) is 25.1 Å². The van der Waals surface area contributed by atoms with Crippen LogP contribution in [0, 0.1) is 6.92 Å². The van der Waals surface area contributed by atoms with Crippen molar-refractivity contribution in [2.75, 3.05) is 13.1 Å². The van der Waals surface area contributed by atoms with E-state index in [1.54, 1.807) is 0 Å². The van der Waals surface area contributed by atoms with Gasteiger partial charge in [0, 0.05) is 12.1 Å². The highest BCUT2D eigenvalue weighted by Gasteiger charge is 2.13. The molecule has 0 aliphatic carbocycles. The summed E-state index contributed by atoms with van der Waals surface area (Å²) in [6.07, 6.45) is 1.09. The number of hydrogen-bond acceptors (Lipinski definition) is 2. The van der Waals surface area contributed by atoms with E-state index in [1.807, 2.05) is 12.1 Å². The lowest BCUT2D eigenvalue weighted by atomic mass is 10.1. The smallest absolute Gasteiger partial charge is 0.125 e. The summed E-state index contributed by atoms with van der Waals surface area (Å²) >= 11 is 0. The number of rotatable bonds is 2. The highest BCUT2D eigenvalue weighted by atomic mass is 15.0. The minimum Gasteiger partial charge on any atom is -0.383 e. The fourth-order valence-corrected chi connectivity index (χ4v) is 1.75. The predicted octanol–water partition coefficient (Wildman–Crippen LogP) is 1.06. The van der Waals surface area contributed by atoms with Gasteiger partial charge in [0.15, 0.2) is 0 Å². The number of nitrogens with one attached hydrogen (secondary N) is 1. The van der Waals surface area contributed by atoms with Crippen molar-refractivity contribution in [2.24, 2.45) is 10.7 Å². The number of amidine groups is 1. The number of nitrogens with zero attached hydrogens (tertiary/aromatic N) is 1. The molecule has 0 radical (unpaired) electrons. The van der Waals surface area contributed by atoms with Gasteiger partial charge in [-0.1, -0.05) is 29.8 Å². The topological polar surface area (TPSA) is 50.4 Å². The lowest BCUT2D eigenvalue weighted by Gasteiger charge is -2.05. The first-order chi connectivity index (χ1) is 7.25. The molecule has 1 aliphatic rings. The fourth-order valence-electron chi connectivity index (χ4n) is 1.75. The van der Waals surface area contributed by atoms with Gasteiger partial charge in [0.05, 0.1) is 6.04 Å². The molecule has 3 N–H and O–H groups in total. The van der Waals surface area contributed by atoms with E-state index in [9.17, 15) is 0 Å². The normalized spacial score (nSPS) is 21.9. The predicted molar refractivity (Wildman–Crippen MR) is 63.2 cm³/mol. The van der Waals surface area contributed by atoms with E-state index in [0.29, 0.717) is 11.9 Å². The third kappa shape index (κ3) is 2.57. The Morgan fingerprint density at radius 3 is 2.73 bits per heavy atom. The van der Waals surface area contributed by atoms with Crippen LogP contribution in [0.5, 0.6) is 0 Å². The Kier molecular flexibility index (Phi) is 3.02. The molecule has 3 nitrogen and oxygen atoms in total. The van der Waals surface area contributed by atoms with Gasteiger partial charge in [0.1, 0.15) is 5.84 Å².